The molecule has 302 valence electrons. The molecule has 6 rings (SSSR count). The highest BCUT2D eigenvalue weighted by atomic mass is 32.2. The smallest absolute Gasteiger partial charge is 0.411 e. The number of ether oxygens (including phenoxy) is 6. The van der Waals surface area contributed by atoms with Crippen LogP contribution in [-0.4, -0.2) is 96.0 Å². The summed E-state index contributed by atoms with van der Waals surface area (Å²) in [6.45, 7) is 8.81. The maximum atomic E-state index is 13.2. The van der Waals surface area contributed by atoms with Gasteiger partial charge in [0, 0.05) is 38.7 Å². The lowest BCUT2D eigenvalue weighted by atomic mass is 9.80. The second-order valence-electron chi connectivity index (χ2n) is 15.2. The normalized spacial score (nSPS) is 33.1. The number of benzene rings is 2. The van der Waals surface area contributed by atoms with Crippen LogP contribution in [0.15, 0.2) is 60.7 Å². The van der Waals surface area contributed by atoms with E-state index in [-0.39, 0.29) is 30.5 Å². The van der Waals surface area contributed by atoms with E-state index in [1.165, 1.54) is 0 Å². The zero-order valence-electron chi connectivity index (χ0n) is 31.6. The highest BCUT2D eigenvalue weighted by Crippen LogP contribution is 2.45. The van der Waals surface area contributed by atoms with Gasteiger partial charge in [-0.25, -0.2) is 0 Å². The summed E-state index contributed by atoms with van der Waals surface area (Å²) in [4.78, 5) is 0. The Balaban J connectivity index is 1.15. The highest BCUT2D eigenvalue weighted by Gasteiger charge is 2.56. The first-order chi connectivity index (χ1) is 25.8. The maximum Gasteiger partial charge on any atom is 0.523 e. The van der Waals surface area contributed by atoms with Crippen LogP contribution in [0.1, 0.15) is 70.9 Å². The van der Waals surface area contributed by atoms with Gasteiger partial charge in [-0.05, 0) is 36.2 Å². The Bertz CT molecular complexity index is 1580. The van der Waals surface area contributed by atoms with Crippen molar-refractivity contribution in [3.63, 3.8) is 0 Å². The molecule has 0 bridgehead atoms. The molecule has 0 aromatic heterocycles. The fourth-order valence-electron chi connectivity index (χ4n) is 8.32. The van der Waals surface area contributed by atoms with E-state index < -0.39 is 60.6 Å². The molecule has 0 radical (unpaired) electrons. The fraction of sp³-hybridized carbons (Fsp3) is 0.692. The molecule has 0 saturated carbocycles. The predicted molar refractivity (Wildman–Crippen MR) is 196 cm³/mol. The lowest BCUT2D eigenvalue weighted by Crippen LogP contribution is -2.65. The van der Waals surface area contributed by atoms with Crippen molar-refractivity contribution in [1.82, 2.24) is 0 Å². The van der Waals surface area contributed by atoms with Crippen LogP contribution in [0.2, 0.25) is 18.1 Å². The topological polar surface area (TPSA) is 108 Å². The Morgan fingerprint density at radius 2 is 1.30 bits per heavy atom. The average molecular weight is 801 g/mol. The van der Waals surface area contributed by atoms with Crippen LogP contribution in [0.5, 0.6) is 0 Å². The zero-order chi connectivity index (χ0) is 38.6. The van der Waals surface area contributed by atoms with Gasteiger partial charge in [-0.2, -0.15) is 21.6 Å². The number of hydrogen-bond acceptors (Lipinski definition) is 10. The first-order valence-electron chi connectivity index (χ1n) is 19.3. The third-order valence-electron chi connectivity index (χ3n) is 11.8. The Hall–Kier alpha value is -1.92. The quantitative estimate of drug-likeness (QED) is 0.0736. The van der Waals surface area contributed by atoms with Crippen LogP contribution in [0.3, 0.4) is 0 Å². The van der Waals surface area contributed by atoms with Gasteiger partial charge in [0.05, 0.1) is 74.3 Å². The van der Waals surface area contributed by atoms with Crippen molar-refractivity contribution in [3.05, 3.63) is 71.8 Å². The van der Waals surface area contributed by atoms with Crippen molar-refractivity contribution in [2.24, 2.45) is 0 Å². The summed E-state index contributed by atoms with van der Waals surface area (Å²) in [7, 11) is -8.10. The van der Waals surface area contributed by atoms with Crippen LogP contribution < -0.4 is 0 Å². The molecule has 4 saturated heterocycles. The van der Waals surface area contributed by atoms with E-state index in [1.54, 1.807) is 0 Å². The van der Waals surface area contributed by atoms with E-state index in [1.807, 2.05) is 81.4 Å². The van der Waals surface area contributed by atoms with Crippen LogP contribution >= 0.6 is 0 Å². The van der Waals surface area contributed by atoms with E-state index in [2.05, 4.69) is 11.1 Å². The van der Waals surface area contributed by atoms with Crippen LogP contribution in [0.25, 0.3) is 0 Å². The van der Waals surface area contributed by atoms with Crippen molar-refractivity contribution in [1.29, 1.82) is 0 Å². The van der Waals surface area contributed by atoms with Crippen molar-refractivity contribution in [2.75, 3.05) is 13.2 Å². The van der Waals surface area contributed by atoms with Gasteiger partial charge in [-0.15, -0.1) is 0 Å². The number of alkyl halides is 3. The van der Waals surface area contributed by atoms with E-state index in [0.29, 0.717) is 51.9 Å². The second kappa shape index (κ2) is 17.7. The molecule has 15 heteroatoms. The highest BCUT2D eigenvalue weighted by molar-refractivity contribution is 7.87. The number of halogens is 3. The van der Waals surface area contributed by atoms with Crippen LogP contribution in [0, 0.1) is 0 Å². The van der Waals surface area contributed by atoms with Crippen LogP contribution in [0.4, 0.5) is 13.2 Å². The minimum Gasteiger partial charge on any atom is -0.411 e. The van der Waals surface area contributed by atoms with E-state index in [4.69, 9.17) is 32.8 Å². The molecule has 0 amide bonds. The molecule has 2 aromatic carbocycles. The third-order valence-corrected chi connectivity index (χ3v) is 17.5. The monoisotopic (exact) mass is 800 g/mol. The van der Waals surface area contributed by atoms with Gasteiger partial charge in [-0.3, -0.25) is 4.18 Å². The van der Waals surface area contributed by atoms with Crippen LogP contribution in [-0.2, 0) is 60.4 Å². The van der Waals surface area contributed by atoms with Crippen molar-refractivity contribution >= 4 is 18.4 Å². The Morgan fingerprint density at radius 3 is 1.89 bits per heavy atom. The maximum absolute atomic E-state index is 13.2. The van der Waals surface area contributed by atoms with Gasteiger partial charge in [0.15, 0.2) is 8.32 Å². The Kier molecular flexibility index (Phi) is 13.7. The number of rotatable bonds is 16. The molecule has 0 N–H and O–H groups in total. The third kappa shape index (κ3) is 9.78. The molecule has 0 spiro atoms. The van der Waals surface area contributed by atoms with Crippen molar-refractivity contribution < 1.29 is 58.6 Å². The molecule has 2 aromatic rings. The minimum absolute atomic E-state index is 0.260. The molecule has 4 aliphatic rings. The molecular formula is C39H55F3O10SSi. The average Bonchev–Trinajstić information content (AvgIpc) is 3.16. The Morgan fingerprint density at radius 1 is 0.759 bits per heavy atom. The van der Waals surface area contributed by atoms with Crippen molar-refractivity contribution in [2.45, 2.75) is 157 Å². The SMILES string of the molecule is CC[Si](CC)(CC)O[C@@H]1C[C@@H]2O[C@@H]3C[C@@H]4O[C@](C)(CCOCc5ccccc5)[C@@H](OCc5ccccc5)C[C@H]4O[C@H]3C[C@H]2O[C@H]1COS(=O)(=O)C(F)(F)F. The molecule has 0 aliphatic carbocycles. The summed E-state index contributed by atoms with van der Waals surface area (Å²) >= 11 is 0. The van der Waals surface area contributed by atoms with E-state index in [9.17, 15) is 21.6 Å². The van der Waals surface area contributed by atoms with E-state index >= 15 is 0 Å². The molecule has 10 nitrogen and oxygen atoms in total. The first kappa shape index (κ1) is 41.7. The molecule has 0 unspecified atom stereocenters. The molecule has 4 heterocycles. The zero-order valence-corrected chi connectivity index (χ0v) is 33.4. The minimum atomic E-state index is -5.81. The summed E-state index contributed by atoms with van der Waals surface area (Å²) in [5.41, 5.74) is -4.06. The lowest BCUT2D eigenvalue weighted by molar-refractivity contribution is -0.319. The molecule has 10 atom stereocenters. The first-order valence-corrected chi connectivity index (χ1v) is 23.3. The predicted octanol–water partition coefficient (Wildman–Crippen LogP) is 7.46. The number of hydrogen-bond donors (Lipinski definition) is 0. The van der Waals surface area contributed by atoms with Gasteiger partial charge in [0.1, 0.15) is 6.10 Å². The summed E-state index contributed by atoms with van der Waals surface area (Å²) in [5, 5.41) is 0. The summed E-state index contributed by atoms with van der Waals surface area (Å²) in [6, 6.07) is 22.4. The van der Waals surface area contributed by atoms with Gasteiger partial charge in [-0.1, -0.05) is 81.4 Å². The molecular weight excluding hydrogens is 746 g/mol. The summed E-state index contributed by atoms with van der Waals surface area (Å²) < 4.78 is 114. The molecule has 4 aliphatic heterocycles. The molecule has 4 fully saturated rings. The van der Waals surface area contributed by atoms with Gasteiger partial charge in [0.25, 0.3) is 0 Å². The van der Waals surface area contributed by atoms with Gasteiger partial charge >= 0.3 is 15.6 Å². The fourth-order valence-corrected chi connectivity index (χ4v) is 11.7. The van der Waals surface area contributed by atoms with E-state index in [0.717, 1.165) is 29.3 Å². The number of fused-ring (bicyclic) bond motifs is 3. The van der Waals surface area contributed by atoms with Gasteiger partial charge in [0.2, 0.25) is 0 Å². The summed E-state index contributed by atoms with van der Waals surface area (Å²) in [6.07, 6.45) is -1.66. The Labute approximate surface area is 318 Å². The second-order valence-corrected chi connectivity index (χ2v) is 21.5. The molecule has 54 heavy (non-hydrogen) atoms. The standard InChI is InChI=1S/C39H55F3O10SSi/c1-5-54(6-2,7-3)52-35-22-32-30(50-36(35)26-47-53(43,44)39(40,41)42)20-29-31(48-32)21-34-33(49-29)23-37(46-25-28-16-12-9-13-17-28)38(4,51-34)18-19-45-24-27-14-10-8-11-15-27/h8-17,29-37H,5-7,18-26H2,1-4H3/t29-,30+,31+,32-,33+,34-,35+,36-,37-,38+/m0/s1. The summed E-state index contributed by atoms with van der Waals surface area (Å²) in [5.74, 6) is 0. The largest absolute Gasteiger partial charge is 0.523 e. The lowest BCUT2D eigenvalue weighted by Gasteiger charge is -2.55. The van der Waals surface area contributed by atoms with Gasteiger partial charge < -0.3 is 32.8 Å². The van der Waals surface area contributed by atoms with Crippen molar-refractivity contribution in [3.8, 4) is 0 Å².